The average Bonchev–Trinajstić information content (AvgIpc) is 2.62. The molecule has 1 aromatic carbocycles. The molecule has 0 spiro atoms. The normalized spacial score (nSPS) is 10.7. The van der Waals surface area contributed by atoms with Crippen molar-refractivity contribution in [1.82, 2.24) is 9.78 Å². The van der Waals surface area contributed by atoms with Crippen LogP contribution in [0.2, 0.25) is 0 Å². The van der Waals surface area contributed by atoms with E-state index in [-0.39, 0.29) is 6.42 Å². The van der Waals surface area contributed by atoms with Gasteiger partial charge < -0.3 is 0 Å². The predicted molar refractivity (Wildman–Crippen MR) is 57.6 cm³/mol. The van der Waals surface area contributed by atoms with Crippen LogP contribution in [0.3, 0.4) is 0 Å². The highest BCUT2D eigenvalue weighted by Gasteiger charge is 2.19. The van der Waals surface area contributed by atoms with Crippen LogP contribution in [0, 0.1) is 17.5 Å². The summed E-state index contributed by atoms with van der Waals surface area (Å²) in [7, 11) is 1.66. The van der Waals surface area contributed by atoms with Crippen LogP contribution in [0.4, 0.5) is 13.2 Å². The van der Waals surface area contributed by atoms with Gasteiger partial charge in [0.15, 0.2) is 5.78 Å². The van der Waals surface area contributed by atoms with Gasteiger partial charge in [0.2, 0.25) is 0 Å². The molecule has 0 aliphatic heterocycles. The number of benzene rings is 1. The van der Waals surface area contributed by atoms with Crippen molar-refractivity contribution in [2.45, 2.75) is 6.42 Å². The number of hydrogen-bond acceptors (Lipinski definition) is 2. The van der Waals surface area contributed by atoms with Gasteiger partial charge >= 0.3 is 0 Å². The first-order chi connectivity index (χ1) is 8.47. The molecule has 0 aliphatic rings. The number of nitrogens with zero attached hydrogens (tertiary/aromatic N) is 2. The highest BCUT2D eigenvalue weighted by molar-refractivity contribution is 5.97. The number of carbonyl (C=O) groups excluding carboxylic acids is 1. The molecule has 0 unspecified atom stereocenters. The second kappa shape index (κ2) is 4.64. The SMILES string of the molecule is Cn1ccc(CC(=O)c2c(F)cc(F)cc2F)n1. The van der Waals surface area contributed by atoms with Crippen molar-refractivity contribution in [3.05, 3.63) is 53.1 Å². The number of aryl methyl sites for hydroxylation is 1. The third-order valence-corrected chi connectivity index (χ3v) is 2.40. The molecular weight excluding hydrogens is 245 g/mol. The molecule has 18 heavy (non-hydrogen) atoms. The average molecular weight is 254 g/mol. The van der Waals surface area contributed by atoms with Crippen molar-refractivity contribution in [3.63, 3.8) is 0 Å². The van der Waals surface area contributed by atoms with E-state index in [1.54, 1.807) is 19.3 Å². The molecule has 0 atom stereocenters. The Morgan fingerprint density at radius 1 is 1.28 bits per heavy atom. The number of rotatable bonds is 3. The van der Waals surface area contributed by atoms with Crippen LogP contribution in [0.25, 0.3) is 0 Å². The van der Waals surface area contributed by atoms with Gasteiger partial charge in [0.25, 0.3) is 0 Å². The highest BCUT2D eigenvalue weighted by Crippen LogP contribution is 2.16. The molecule has 1 heterocycles. The Morgan fingerprint density at radius 3 is 2.39 bits per heavy atom. The van der Waals surface area contributed by atoms with Crippen molar-refractivity contribution < 1.29 is 18.0 Å². The fourth-order valence-electron chi connectivity index (χ4n) is 1.62. The highest BCUT2D eigenvalue weighted by atomic mass is 19.1. The molecule has 0 amide bonds. The molecule has 0 N–H and O–H groups in total. The fraction of sp³-hybridized carbons (Fsp3) is 0.167. The minimum atomic E-state index is -1.20. The number of halogens is 3. The largest absolute Gasteiger partial charge is 0.294 e. The van der Waals surface area contributed by atoms with E-state index in [0.29, 0.717) is 17.8 Å². The molecule has 0 saturated heterocycles. The van der Waals surface area contributed by atoms with Crippen LogP contribution in [0.1, 0.15) is 16.1 Å². The first-order valence-electron chi connectivity index (χ1n) is 5.13. The maximum Gasteiger partial charge on any atom is 0.174 e. The first-order valence-corrected chi connectivity index (χ1v) is 5.13. The monoisotopic (exact) mass is 254 g/mol. The Hall–Kier alpha value is -2.11. The zero-order valence-corrected chi connectivity index (χ0v) is 9.45. The summed E-state index contributed by atoms with van der Waals surface area (Å²) in [6.07, 6.45) is 1.38. The molecule has 0 aliphatic carbocycles. The smallest absolute Gasteiger partial charge is 0.174 e. The van der Waals surface area contributed by atoms with Crippen LogP contribution in [0.5, 0.6) is 0 Å². The summed E-state index contributed by atoms with van der Waals surface area (Å²) >= 11 is 0. The molecule has 6 heteroatoms. The van der Waals surface area contributed by atoms with E-state index in [0.717, 1.165) is 0 Å². The van der Waals surface area contributed by atoms with Gasteiger partial charge in [-0.1, -0.05) is 0 Å². The van der Waals surface area contributed by atoms with Crippen LogP contribution >= 0.6 is 0 Å². The van der Waals surface area contributed by atoms with Gasteiger partial charge in [0.1, 0.15) is 17.5 Å². The summed E-state index contributed by atoms with van der Waals surface area (Å²) in [5.41, 5.74) is -0.340. The van der Waals surface area contributed by atoms with Crippen LogP contribution in [-0.2, 0) is 13.5 Å². The van der Waals surface area contributed by atoms with Gasteiger partial charge in [-0.05, 0) is 6.07 Å². The summed E-state index contributed by atoms with van der Waals surface area (Å²) in [6.45, 7) is 0. The van der Waals surface area contributed by atoms with E-state index < -0.39 is 28.8 Å². The lowest BCUT2D eigenvalue weighted by molar-refractivity contribution is 0.0983. The van der Waals surface area contributed by atoms with Gasteiger partial charge in [0, 0.05) is 25.4 Å². The van der Waals surface area contributed by atoms with E-state index >= 15 is 0 Å². The van der Waals surface area contributed by atoms with Gasteiger partial charge in [-0.15, -0.1) is 0 Å². The first kappa shape index (κ1) is 12.3. The Morgan fingerprint density at radius 2 is 1.89 bits per heavy atom. The second-order valence-electron chi connectivity index (χ2n) is 3.83. The fourth-order valence-corrected chi connectivity index (χ4v) is 1.62. The zero-order valence-electron chi connectivity index (χ0n) is 9.45. The molecule has 0 bridgehead atoms. The van der Waals surface area contributed by atoms with Crippen LogP contribution < -0.4 is 0 Å². The quantitative estimate of drug-likeness (QED) is 0.787. The molecule has 2 aromatic rings. The van der Waals surface area contributed by atoms with Crippen molar-refractivity contribution >= 4 is 5.78 Å². The van der Waals surface area contributed by atoms with Gasteiger partial charge in [-0.3, -0.25) is 9.48 Å². The van der Waals surface area contributed by atoms with Crippen molar-refractivity contribution in [3.8, 4) is 0 Å². The van der Waals surface area contributed by atoms with E-state index in [2.05, 4.69) is 5.10 Å². The molecule has 0 saturated carbocycles. The van der Waals surface area contributed by atoms with Crippen molar-refractivity contribution in [1.29, 1.82) is 0 Å². The molecule has 1 aromatic heterocycles. The third kappa shape index (κ3) is 2.42. The van der Waals surface area contributed by atoms with E-state index in [1.807, 2.05) is 0 Å². The lowest BCUT2D eigenvalue weighted by Crippen LogP contribution is -2.10. The number of carbonyl (C=O) groups is 1. The van der Waals surface area contributed by atoms with Crippen molar-refractivity contribution in [2.75, 3.05) is 0 Å². The van der Waals surface area contributed by atoms with Crippen molar-refractivity contribution in [2.24, 2.45) is 7.05 Å². The molecular formula is C12H9F3N2O. The Kier molecular flexibility index (Phi) is 3.18. The number of Topliss-reactive ketones (excluding diaryl/α,β-unsaturated/α-hetero) is 1. The Balaban J connectivity index is 2.29. The summed E-state index contributed by atoms with van der Waals surface area (Å²) in [5.74, 6) is -4.23. The second-order valence-corrected chi connectivity index (χ2v) is 3.83. The topological polar surface area (TPSA) is 34.9 Å². The molecule has 3 nitrogen and oxygen atoms in total. The number of aromatic nitrogens is 2. The lowest BCUT2D eigenvalue weighted by atomic mass is 10.1. The van der Waals surface area contributed by atoms with Crippen LogP contribution in [-0.4, -0.2) is 15.6 Å². The lowest BCUT2D eigenvalue weighted by Gasteiger charge is -2.03. The van der Waals surface area contributed by atoms with Gasteiger partial charge in [-0.2, -0.15) is 5.10 Å². The Labute approximate surface area is 101 Å². The molecule has 0 fully saturated rings. The summed E-state index contributed by atoms with van der Waals surface area (Å²) in [4.78, 5) is 11.7. The third-order valence-electron chi connectivity index (χ3n) is 2.40. The minimum absolute atomic E-state index is 0.236. The Bertz CT molecular complexity index is 584. The standard InChI is InChI=1S/C12H9F3N2O/c1-17-3-2-8(16-17)6-11(18)12-9(14)4-7(13)5-10(12)15/h2-5H,6H2,1H3. The zero-order chi connectivity index (χ0) is 13.3. The minimum Gasteiger partial charge on any atom is -0.294 e. The maximum atomic E-state index is 13.3. The van der Waals surface area contributed by atoms with E-state index in [9.17, 15) is 18.0 Å². The molecule has 94 valence electrons. The molecule has 2 rings (SSSR count). The van der Waals surface area contributed by atoms with E-state index in [4.69, 9.17) is 0 Å². The summed E-state index contributed by atoms with van der Waals surface area (Å²) in [5, 5.41) is 3.93. The predicted octanol–water partition coefficient (Wildman–Crippen LogP) is 2.26. The summed E-state index contributed by atoms with van der Waals surface area (Å²) in [6, 6.07) is 2.53. The van der Waals surface area contributed by atoms with Gasteiger partial charge in [-0.25, -0.2) is 13.2 Å². The van der Waals surface area contributed by atoms with E-state index in [1.165, 1.54) is 4.68 Å². The van der Waals surface area contributed by atoms with Gasteiger partial charge in [0.05, 0.1) is 17.7 Å². The van der Waals surface area contributed by atoms with Crippen LogP contribution in [0.15, 0.2) is 24.4 Å². The molecule has 0 radical (unpaired) electrons. The summed E-state index contributed by atoms with van der Waals surface area (Å²) < 4.78 is 40.9. The maximum absolute atomic E-state index is 13.3. The number of ketones is 1. The number of hydrogen-bond donors (Lipinski definition) is 0.